The summed E-state index contributed by atoms with van der Waals surface area (Å²) < 4.78 is 0. The van der Waals surface area contributed by atoms with Gasteiger partial charge < -0.3 is 10.2 Å². The monoisotopic (exact) mass is 303 g/mol. The number of hydrogen-bond donors (Lipinski definition) is 1. The average molecular weight is 303 g/mol. The highest BCUT2D eigenvalue weighted by Gasteiger charge is 2.13. The number of likely N-dealkylation sites (N-methyl/N-ethyl adjacent to an activating group) is 1. The number of benzene rings is 1. The predicted molar refractivity (Wildman–Crippen MR) is 87.0 cm³/mol. The van der Waals surface area contributed by atoms with Crippen molar-refractivity contribution in [2.45, 2.75) is 12.8 Å². The smallest absolute Gasteiger partial charge is 0.220 e. The molecule has 0 saturated carbocycles. The normalized spacial score (nSPS) is 16.4. The first-order valence-corrected chi connectivity index (χ1v) is 7.91. The highest BCUT2D eigenvalue weighted by atomic mass is 16.2. The number of rotatable bonds is 7. The standard InChI is InChI=1S/C17H25N3O2/c1-19-11-13-20(14-12-19)10-9-18-17(22)8-7-16(21)15-5-3-2-4-6-15/h2-6H,7-14H2,1H3,(H,18,22). The minimum Gasteiger partial charge on any atom is -0.355 e. The lowest BCUT2D eigenvalue weighted by atomic mass is 10.1. The minimum absolute atomic E-state index is 0.0230. The summed E-state index contributed by atoms with van der Waals surface area (Å²) in [6.07, 6.45) is 0.529. The van der Waals surface area contributed by atoms with Gasteiger partial charge in [-0.1, -0.05) is 30.3 Å². The zero-order valence-electron chi connectivity index (χ0n) is 13.3. The largest absolute Gasteiger partial charge is 0.355 e. The van der Waals surface area contributed by atoms with Crippen molar-refractivity contribution in [2.24, 2.45) is 0 Å². The number of carbonyl (C=O) groups is 2. The molecule has 2 rings (SSSR count). The Balaban J connectivity index is 1.59. The number of ketones is 1. The number of amides is 1. The zero-order valence-corrected chi connectivity index (χ0v) is 13.3. The zero-order chi connectivity index (χ0) is 15.8. The summed E-state index contributed by atoms with van der Waals surface area (Å²) in [5.74, 6) is -0.0202. The Morgan fingerprint density at radius 3 is 2.41 bits per heavy atom. The van der Waals surface area contributed by atoms with Crippen molar-refractivity contribution in [1.82, 2.24) is 15.1 Å². The van der Waals surface area contributed by atoms with Gasteiger partial charge >= 0.3 is 0 Å². The van der Waals surface area contributed by atoms with Crippen LogP contribution in [0.3, 0.4) is 0 Å². The number of hydrogen-bond acceptors (Lipinski definition) is 4. The molecule has 1 aliphatic rings. The molecule has 0 aliphatic carbocycles. The Kier molecular flexibility index (Phi) is 6.55. The quantitative estimate of drug-likeness (QED) is 0.764. The van der Waals surface area contributed by atoms with Crippen LogP contribution in [0.25, 0.3) is 0 Å². The summed E-state index contributed by atoms with van der Waals surface area (Å²) in [4.78, 5) is 28.4. The molecular weight excluding hydrogens is 278 g/mol. The van der Waals surface area contributed by atoms with Gasteiger partial charge in [0.2, 0.25) is 5.91 Å². The SMILES string of the molecule is CN1CCN(CCNC(=O)CCC(=O)c2ccccc2)CC1. The van der Waals surface area contributed by atoms with Crippen molar-refractivity contribution in [3.05, 3.63) is 35.9 Å². The fourth-order valence-electron chi connectivity index (χ4n) is 2.51. The number of carbonyl (C=O) groups excluding carboxylic acids is 2. The molecule has 120 valence electrons. The van der Waals surface area contributed by atoms with E-state index in [0.717, 1.165) is 32.7 Å². The van der Waals surface area contributed by atoms with Gasteiger partial charge in [0, 0.05) is 57.7 Å². The molecule has 0 radical (unpaired) electrons. The Morgan fingerprint density at radius 2 is 1.73 bits per heavy atom. The van der Waals surface area contributed by atoms with E-state index in [0.29, 0.717) is 12.1 Å². The molecule has 1 N–H and O–H groups in total. The molecule has 0 atom stereocenters. The van der Waals surface area contributed by atoms with E-state index < -0.39 is 0 Å². The summed E-state index contributed by atoms with van der Waals surface area (Å²) >= 11 is 0. The molecule has 0 unspecified atom stereocenters. The number of nitrogens with one attached hydrogen (secondary N) is 1. The van der Waals surface area contributed by atoms with Crippen LogP contribution in [0.2, 0.25) is 0 Å². The first kappa shape index (κ1) is 16.6. The number of piperazine rings is 1. The van der Waals surface area contributed by atoms with E-state index in [4.69, 9.17) is 0 Å². The maximum atomic E-state index is 11.9. The highest BCUT2D eigenvalue weighted by molar-refractivity contribution is 5.97. The molecule has 0 spiro atoms. The second kappa shape index (κ2) is 8.66. The summed E-state index contributed by atoms with van der Waals surface area (Å²) in [5, 5.41) is 2.90. The Labute approximate surface area is 132 Å². The molecule has 5 nitrogen and oxygen atoms in total. The third kappa shape index (κ3) is 5.58. The summed E-state index contributed by atoms with van der Waals surface area (Å²) in [7, 11) is 2.13. The fourth-order valence-corrected chi connectivity index (χ4v) is 2.51. The van der Waals surface area contributed by atoms with E-state index in [9.17, 15) is 9.59 Å². The first-order chi connectivity index (χ1) is 10.6. The lowest BCUT2D eigenvalue weighted by Crippen LogP contribution is -2.46. The van der Waals surface area contributed by atoms with E-state index in [1.54, 1.807) is 12.1 Å². The Morgan fingerprint density at radius 1 is 1.05 bits per heavy atom. The molecule has 1 heterocycles. The van der Waals surface area contributed by atoms with Crippen LogP contribution < -0.4 is 5.32 Å². The van der Waals surface area contributed by atoms with Gasteiger partial charge in [0.25, 0.3) is 0 Å². The highest BCUT2D eigenvalue weighted by Crippen LogP contribution is 2.05. The fraction of sp³-hybridized carbons (Fsp3) is 0.529. The molecule has 1 aliphatic heterocycles. The van der Waals surface area contributed by atoms with E-state index in [2.05, 4.69) is 22.2 Å². The van der Waals surface area contributed by atoms with Crippen molar-refractivity contribution in [2.75, 3.05) is 46.3 Å². The predicted octanol–water partition coefficient (Wildman–Crippen LogP) is 1.01. The van der Waals surface area contributed by atoms with Gasteiger partial charge in [0.15, 0.2) is 5.78 Å². The van der Waals surface area contributed by atoms with Crippen molar-refractivity contribution >= 4 is 11.7 Å². The Bertz CT molecular complexity index is 482. The van der Waals surface area contributed by atoms with Crippen molar-refractivity contribution < 1.29 is 9.59 Å². The van der Waals surface area contributed by atoms with Crippen molar-refractivity contribution in [1.29, 1.82) is 0 Å². The number of nitrogens with zero attached hydrogens (tertiary/aromatic N) is 2. The molecule has 1 fully saturated rings. The van der Waals surface area contributed by atoms with Gasteiger partial charge in [0.1, 0.15) is 0 Å². The average Bonchev–Trinajstić information content (AvgIpc) is 2.55. The van der Waals surface area contributed by atoms with E-state index in [-0.39, 0.29) is 24.5 Å². The second-order valence-electron chi connectivity index (χ2n) is 5.78. The molecule has 5 heteroatoms. The lowest BCUT2D eigenvalue weighted by molar-refractivity contribution is -0.121. The summed E-state index contributed by atoms with van der Waals surface area (Å²) in [5.41, 5.74) is 0.674. The second-order valence-corrected chi connectivity index (χ2v) is 5.78. The van der Waals surface area contributed by atoms with Crippen LogP contribution in [-0.4, -0.2) is 67.8 Å². The maximum absolute atomic E-state index is 11.9. The van der Waals surface area contributed by atoms with Gasteiger partial charge in [-0.25, -0.2) is 0 Å². The van der Waals surface area contributed by atoms with Crippen LogP contribution >= 0.6 is 0 Å². The van der Waals surface area contributed by atoms with Crippen LogP contribution in [0, 0.1) is 0 Å². The molecule has 0 bridgehead atoms. The van der Waals surface area contributed by atoms with E-state index >= 15 is 0 Å². The van der Waals surface area contributed by atoms with Crippen molar-refractivity contribution in [3.8, 4) is 0 Å². The Hall–Kier alpha value is -1.72. The van der Waals surface area contributed by atoms with Crippen molar-refractivity contribution in [3.63, 3.8) is 0 Å². The van der Waals surface area contributed by atoms with E-state index in [1.165, 1.54) is 0 Å². The van der Waals surface area contributed by atoms with Crippen LogP contribution in [0.5, 0.6) is 0 Å². The van der Waals surface area contributed by atoms with Gasteiger partial charge in [-0.05, 0) is 7.05 Å². The van der Waals surface area contributed by atoms with Crippen LogP contribution in [0.15, 0.2) is 30.3 Å². The minimum atomic E-state index is -0.0431. The summed E-state index contributed by atoms with van der Waals surface area (Å²) in [6.45, 7) is 5.81. The van der Waals surface area contributed by atoms with Crippen LogP contribution in [0.1, 0.15) is 23.2 Å². The molecular formula is C17H25N3O2. The molecule has 1 aromatic carbocycles. The van der Waals surface area contributed by atoms with Crippen LogP contribution in [0.4, 0.5) is 0 Å². The maximum Gasteiger partial charge on any atom is 0.220 e. The van der Waals surface area contributed by atoms with Crippen LogP contribution in [-0.2, 0) is 4.79 Å². The van der Waals surface area contributed by atoms with Gasteiger partial charge in [-0.15, -0.1) is 0 Å². The third-order valence-electron chi connectivity index (χ3n) is 4.02. The molecule has 1 saturated heterocycles. The topological polar surface area (TPSA) is 52.6 Å². The molecule has 22 heavy (non-hydrogen) atoms. The van der Waals surface area contributed by atoms with Gasteiger partial charge in [0.05, 0.1) is 0 Å². The number of Topliss-reactive ketones (excluding diaryl/α,β-unsaturated/α-hetero) is 1. The molecule has 1 aromatic rings. The lowest BCUT2D eigenvalue weighted by Gasteiger charge is -2.32. The third-order valence-corrected chi connectivity index (χ3v) is 4.02. The molecule has 0 aromatic heterocycles. The van der Waals surface area contributed by atoms with Gasteiger partial charge in [-0.3, -0.25) is 14.5 Å². The van der Waals surface area contributed by atoms with E-state index in [1.807, 2.05) is 18.2 Å². The molecule has 1 amide bonds. The van der Waals surface area contributed by atoms with Gasteiger partial charge in [-0.2, -0.15) is 0 Å². The first-order valence-electron chi connectivity index (χ1n) is 7.91. The summed E-state index contributed by atoms with van der Waals surface area (Å²) in [6, 6.07) is 9.12.